The van der Waals surface area contributed by atoms with Crippen LogP contribution in [0, 0.1) is 0 Å². The Morgan fingerprint density at radius 1 is 1.19 bits per heavy atom. The summed E-state index contributed by atoms with van der Waals surface area (Å²) in [5, 5.41) is 13.2. The van der Waals surface area contributed by atoms with E-state index in [0.29, 0.717) is 41.4 Å². The molecule has 4 aromatic rings. The number of halogens is 1. The van der Waals surface area contributed by atoms with E-state index in [1.807, 2.05) is 40.9 Å². The van der Waals surface area contributed by atoms with Crippen molar-refractivity contribution in [3.8, 4) is 17.1 Å². The summed E-state index contributed by atoms with van der Waals surface area (Å²) < 4.78 is 7.59. The number of piperidine rings is 1. The first-order chi connectivity index (χ1) is 17.4. The summed E-state index contributed by atoms with van der Waals surface area (Å²) >= 11 is 6.45. The van der Waals surface area contributed by atoms with Crippen LogP contribution in [0.2, 0.25) is 5.02 Å². The number of anilines is 2. The molecule has 4 heterocycles. The predicted octanol–water partition coefficient (Wildman–Crippen LogP) is 4.28. The summed E-state index contributed by atoms with van der Waals surface area (Å²) in [7, 11) is 1.63. The molecule has 1 unspecified atom stereocenters. The lowest BCUT2D eigenvalue weighted by Gasteiger charge is -2.33. The average Bonchev–Trinajstić information content (AvgIpc) is 3.33. The topological polar surface area (TPSA) is 105 Å². The normalized spacial score (nSPS) is 15.2. The summed E-state index contributed by atoms with van der Waals surface area (Å²) in [6, 6.07) is 11.8. The number of ether oxygens (including phenoxy) is 1. The molecule has 1 aliphatic heterocycles. The molecule has 3 aromatic heterocycles. The third-order valence-corrected chi connectivity index (χ3v) is 6.79. The number of carbonyl (C=O) groups is 1. The monoisotopic (exact) mass is 506 g/mol. The average molecular weight is 507 g/mol. The highest BCUT2D eigenvalue weighted by Gasteiger charge is 2.26. The molecule has 36 heavy (non-hydrogen) atoms. The van der Waals surface area contributed by atoms with E-state index in [0.717, 1.165) is 35.4 Å². The fourth-order valence-corrected chi connectivity index (χ4v) is 4.79. The number of nitrogens with zero attached hydrogens (tertiary/aromatic N) is 5. The summed E-state index contributed by atoms with van der Waals surface area (Å²) in [4.78, 5) is 27.2. The molecular weight excluding hydrogens is 480 g/mol. The molecule has 1 aromatic carbocycles. The van der Waals surface area contributed by atoms with E-state index in [2.05, 4.69) is 26.3 Å². The largest absolute Gasteiger partial charge is 0.495 e. The fraction of sp³-hybridized carbons (Fsp3) is 0.308. The Hall–Kier alpha value is -3.69. The first-order valence-corrected chi connectivity index (χ1v) is 12.2. The molecule has 1 saturated heterocycles. The number of amides is 1. The van der Waals surface area contributed by atoms with Gasteiger partial charge in [0.2, 0.25) is 5.95 Å². The molecular formula is C26H27ClN6O3. The van der Waals surface area contributed by atoms with Crippen molar-refractivity contribution in [2.24, 2.45) is 0 Å². The zero-order chi connectivity index (χ0) is 25.2. The number of aromatic nitrogens is 4. The van der Waals surface area contributed by atoms with Crippen LogP contribution in [-0.4, -0.2) is 61.6 Å². The van der Waals surface area contributed by atoms with Gasteiger partial charge in [0.1, 0.15) is 23.2 Å². The lowest BCUT2D eigenvalue weighted by Crippen LogP contribution is -2.42. The van der Waals surface area contributed by atoms with Crippen LogP contribution in [-0.2, 0) is 4.79 Å². The van der Waals surface area contributed by atoms with E-state index < -0.39 is 6.10 Å². The third kappa shape index (κ3) is 4.72. The first-order valence-electron chi connectivity index (χ1n) is 11.8. The number of carbonyl (C=O) groups excluding carboxylic acids is 1. The second kappa shape index (κ2) is 10.1. The van der Waals surface area contributed by atoms with Crippen LogP contribution in [0.15, 0.2) is 55.0 Å². The minimum absolute atomic E-state index is 0.211. The Labute approximate surface area is 213 Å². The molecule has 5 rings (SSSR count). The zero-order valence-corrected chi connectivity index (χ0v) is 20.8. The van der Waals surface area contributed by atoms with Crippen molar-refractivity contribution in [1.82, 2.24) is 24.3 Å². The highest BCUT2D eigenvalue weighted by atomic mass is 35.5. The second-order valence-corrected chi connectivity index (χ2v) is 9.23. The quantitative estimate of drug-likeness (QED) is 0.402. The molecule has 2 N–H and O–H groups in total. The standard InChI is InChI=1S/C26H27ClN6O3/c1-16(34)25(35)32-11-8-17(9-12-32)18-6-7-20(22(13-18)36-2)30-26-29-14-19(27)24(31-26)21-15-28-23-5-3-4-10-33(21)23/h3-7,10,13-17,34H,8-9,11-12H2,1-2H3,(H,29,30,31). The van der Waals surface area contributed by atoms with Crippen molar-refractivity contribution < 1.29 is 14.6 Å². The molecule has 1 atom stereocenters. The van der Waals surface area contributed by atoms with Gasteiger partial charge in [-0.05, 0) is 55.5 Å². The number of nitrogens with one attached hydrogen (secondary N) is 1. The number of fused-ring (bicyclic) bond motifs is 1. The van der Waals surface area contributed by atoms with Crippen LogP contribution in [0.1, 0.15) is 31.2 Å². The van der Waals surface area contributed by atoms with Gasteiger partial charge in [-0.1, -0.05) is 23.7 Å². The van der Waals surface area contributed by atoms with Crippen LogP contribution in [0.3, 0.4) is 0 Å². The van der Waals surface area contributed by atoms with Gasteiger partial charge in [-0.25, -0.2) is 15.0 Å². The Balaban J connectivity index is 1.35. The van der Waals surface area contributed by atoms with E-state index in [-0.39, 0.29) is 5.91 Å². The summed E-state index contributed by atoms with van der Waals surface area (Å²) in [5.41, 5.74) is 4.01. The number of likely N-dealkylation sites (tertiary alicyclic amines) is 1. The molecule has 1 amide bonds. The molecule has 0 aliphatic carbocycles. The van der Waals surface area contributed by atoms with Gasteiger partial charge in [0.15, 0.2) is 0 Å². The van der Waals surface area contributed by atoms with Crippen LogP contribution < -0.4 is 10.1 Å². The first kappa shape index (κ1) is 24.0. The minimum atomic E-state index is -0.963. The number of imidazole rings is 1. The SMILES string of the molecule is COc1cc(C2CCN(C(=O)C(C)O)CC2)ccc1Nc1ncc(Cl)c(-c2cnc3ccccn23)n1. The van der Waals surface area contributed by atoms with Crippen molar-refractivity contribution in [2.45, 2.75) is 31.8 Å². The van der Waals surface area contributed by atoms with Crippen LogP contribution in [0.5, 0.6) is 5.75 Å². The maximum atomic E-state index is 12.1. The van der Waals surface area contributed by atoms with Crippen LogP contribution in [0.4, 0.5) is 11.6 Å². The summed E-state index contributed by atoms with van der Waals surface area (Å²) in [5.74, 6) is 1.15. The molecule has 186 valence electrons. The van der Waals surface area contributed by atoms with Gasteiger partial charge in [0.25, 0.3) is 5.91 Å². The number of aliphatic hydroxyl groups excluding tert-OH is 1. The molecule has 1 aliphatic rings. The lowest BCUT2D eigenvalue weighted by molar-refractivity contribution is -0.140. The number of rotatable bonds is 6. The van der Waals surface area contributed by atoms with Crippen LogP contribution >= 0.6 is 11.6 Å². The van der Waals surface area contributed by atoms with Gasteiger partial charge in [0.05, 0.1) is 35.9 Å². The molecule has 0 radical (unpaired) electrons. The van der Waals surface area contributed by atoms with E-state index in [4.69, 9.17) is 16.3 Å². The molecule has 0 spiro atoms. The van der Waals surface area contributed by atoms with Gasteiger partial charge in [-0.3, -0.25) is 9.20 Å². The number of benzene rings is 1. The van der Waals surface area contributed by atoms with E-state index in [9.17, 15) is 9.90 Å². The van der Waals surface area contributed by atoms with Gasteiger partial charge >= 0.3 is 0 Å². The summed E-state index contributed by atoms with van der Waals surface area (Å²) in [6.45, 7) is 2.76. The molecule has 10 heteroatoms. The molecule has 0 bridgehead atoms. The maximum Gasteiger partial charge on any atom is 0.251 e. The second-order valence-electron chi connectivity index (χ2n) is 8.82. The lowest BCUT2D eigenvalue weighted by atomic mass is 9.89. The highest BCUT2D eigenvalue weighted by Crippen LogP contribution is 2.35. The third-order valence-electron chi connectivity index (χ3n) is 6.51. The van der Waals surface area contributed by atoms with Crippen LogP contribution in [0.25, 0.3) is 17.0 Å². The van der Waals surface area contributed by atoms with Gasteiger partial charge in [-0.2, -0.15) is 0 Å². The Bertz CT molecular complexity index is 1400. The van der Waals surface area contributed by atoms with Crippen molar-refractivity contribution >= 4 is 34.8 Å². The number of pyridine rings is 1. The molecule has 9 nitrogen and oxygen atoms in total. The molecule has 0 saturated carbocycles. The fourth-order valence-electron chi connectivity index (χ4n) is 4.60. The van der Waals surface area contributed by atoms with Crippen molar-refractivity contribution in [3.63, 3.8) is 0 Å². The van der Waals surface area contributed by atoms with Crippen molar-refractivity contribution in [3.05, 3.63) is 65.6 Å². The maximum absolute atomic E-state index is 12.1. The molecule has 1 fully saturated rings. The van der Waals surface area contributed by atoms with Gasteiger partial charge in [-0.15, -0.1) is 0 Å². The van der Waals surface area contributed by atoms with Gasteiger partial charge < -0.3 is 20.1 Å². The van der Waals surface area contributed by atoms with E-state index in [1.54, 1.807) is 24.4 Å². The number of hydrogen-bond acceptors (Lipinski definition) is 7. The highest BCUT2D eigenvalue weighted by molar-refractivity contribution is 6.32. The Kier molecular flexibility index (Phi) is 6.75. The van der Waals surface area contributed by atoms with Crippen molar-refractivity contribution in [1.29, 1.82) is 0 Å². The van der Waals surface area contributed by atoms with E-state index in [1.165, 1.54) is 6.92 Å². The number of aliphatic hydroxyl groups is 1. The predicted molar refractivity (Wildman–Crippen MR) is 138 cm³/mol. The number of hydrogen-bond donors (Lipinski definition) is 2. The Morgan fingerprint density at radius 2 is 2.00 bits per heavy atom. The summed E-state index contributed by atoms with van der Waals surface area (Å²) in [6.07, 6.45) is 5.92. The van der Waals surface area contributed by atoms with Gasteiger partial charge in [0, 0.05) is 19.3 Å². The smallest absolute Gasteiger partial charge is 0.251 e. The van der Waals surface area contributed by atoms with Crippen molar-refractivity contribution in [2.75, 3.05) is 25.5 Å². The Morgan fingerprint density at radius 3 is 2.75 bits per heavy atom. The zero-order valence-electron chi connectivity index (χ0n) is 20.1. The number of methoxy groups -OCH3 is 1. The minimum Gasteiger partial charge on any atom is -0.495 e. The van der Waals surface area contributed by atoms with E-state index >= 15 is 0 Å².